The van der Waals surface area contributed by atoms with E-state index in [0.717, 1.165) is 38.1 Å². The second kappa shape index (κ2) is 9.31. The number of fused-ring (bicyclic) bond motifs is 1. The van der Waals surface area contributed by atoms with Crippen molar-refractivity contribution in [2.45, 2.75) is 31.6 Å². The average Bonchev–Trinajstić information content (AvgIpc) is 3.17. The van der Waals surface area contributed by atoms with E-state index >= 15 is 0 Å². The second-order valence-corrected chi connectivity index (χ2v) is 9.87. The van der Waals surface area contributed by atoms with Gasteiger partial charge in [0.05, 0.1) is 6.04 Å². The molecule has 30 heavy (non-hydrogen) atoms. The minimum absolute atomic E-state index is 0.0111. The molecule has 0 saturated heterocycles. The normalized spacial score (nSPS) is 13.6. The van der Waals surface area contributed by atoms with Gasteiger partial charge < -0.3 is 9.08 Å². The topological polar surface area (TPSA) is 74.0 Å². The minimum Gasteiger partial charge on any atom is -0.598 e. The molecule has 0 aliphatic carbocycles. The smallest absolute Gasteiger partial charge is 0.167 e. The molecule has 2 aromatic heterocycles. The molecule has 2 aromatic carbocycles. The van der Waals surface area contributed by atoms with Gasteiger partial charge in [0.1, 0.15) is 15.5 Å². The first-order valence-electron chi connectivity index (χ1n) is 9.75. The molecule has 2 atom stereocenters. The summed E-state index contributed by atoms with van der Waals surface area (Å²) in [5, 5.41) is 5.28. The van der Waals surface area contributed by atoms with E-state index in [0.29, 0.717) is 6.42 Å². The van der Waals surface area contributed by atoms with Crippen molar-refractivity contribution in [2.75, 3.05) is 0 Å². The lowest BCUT2D eigenvalue weighted by atomic mass is 9.94. The molecule has 0 bridgehead atoms. The van der Waals surface area contributed by atoms with Gasteiger partial charge in [-0.3, -0.25) is 0 Å². The van der Waals surface area contributed by atoms with Gasteiger partial charge in [-0.1, -0.05) is 47.6 Å². The first-order chi connectivity index (χ1) is 14.5. The van der Waals surface area contributed by atoms with E-state index < -0.39 is 11.4 Å². The summed E-state index contributed by atoms with van der Waals surface area (Å²) in [6, 6.07) is 21.5. The van der Waals surface area contributed by atoms with Gasteiger partial charge in [0.25, 0.3) is 0 Å². The summed E-state index contributed by atoms with van der Waals surface area (Å²) < 4.78 is 22.4. The van der Waals surface area contributed by atoms with Crippen LogP contribution < -0.4 is 4.72 Å². The molecule has 5 nitrogen and oxygen atoms in total. The van der Waals surface area contributed by atoms with Crippen LogP contribution in [0.2, 0.25) is 0 Å². The van der Waals surface area contributed by atoms with E-state index in [2.05, 4.69) is 30.8 Å². The highest BCUT2D eigenvalue weighted by Crippen LogP contribution is 2.34. The Morgan fingerprint density at radius 1 is 1.03 bits per heavy atom. The zero-order valence-corrected chi connectivity index (χ0v) is 19.1. The molecule has 0 radical (unpaired) electrons. The van der Waals surface area contributed by atoms with Gasteiger partial charge in [-0.15, -0.1) is 4.72 Å². The van der Waals surface area contributed by atoms with Crippen LogP contribution in [-0.2, 0) is 17.8 Å². The van der Waals surface area contributed by atoms with Crippen LogP contribution in [0, 0.1) is 0 Å². The van der Waals surface area contributed by atoms with E-state index in [1.165, 1.54) is 0 Å². The van der Waals surface area contributed by atoms with Crippen molar-refractivity contribution < 1.29 is 9.08 Å². The SMILES string of the molecule is CC(C)[S@+]([O-])N[C@@H](Cc1cccc(Br)n1)c1ccccc1-c1noc2ccccc12. The van der Waals surface area contributed by atoms with Crippen LogP contribution >= 0.6 is 15.9 Å². The number of nitrogens with one attached hydrogen (secondary N) is 1. The third-order valence-corrected chi connectivity index (χ3v) is 6.66. The Morgan fingerprint density at radius 3 is 2.60 bits per heavy atom. The largest absolute Gasteiger partial charge is 0.598 e. The van der Waals surface area contributed by atoms with Gasteiger partial charge in [0.15, 0.2) is 5.58 Å². The predicted molar refractivity (Wildman–Crippen MR) is 124 cm³/mol. The maximum Gasteiger partial charge on any atom is 0.167 e. The third-order valence-electron chi connectivity index (χ3n) is 4.84. The fourth-order valence-corrected chi connectivity index (χ4v) is 4.50. The van der Waals surface area contributed by atoms with Gasteiger partial charge in [-0.05, 0) is 59.6 Å². The Kier molecular flexibility index (Phi) is 6.53. The molecule has 0 aliphatic heterocycles. The zero-order chi connectivity index (χ0) is 21.1. The van der Waals surface area contributed by atoms with Crippen molar-refractivity contribution in [3.63, 3.8) is 0 Å². The number of rotatable bonds is 7. The molecule has 0 saturated carbocycles. The number of para-hydroxylation sites is 1. The lowest BCUT2D eigenvalue weighted by molar-refractivity contribution is 0.459. The Bertz CT molecular complexity index is 1150. The fourth-order valence-electron chi connectivity index (χ4n) is 3.36. The monoisotopic (exact) mass is 483 g/mol. The molecule has 154 valence electrons. The van der Waals surface area contributed by atoms with E-state index in [9.17, 15) is 4.55 Å². The van der Waals surface area contributed by atoms with Crippen LogP contribution in [0.1, 0.15) is 31.1 Å². The Hall–Kier alpha value is -2.19. The summed E-state index contributed by atoms with van der Waals surface area (Å²) in [4.78, 5) is 4.58. The van der Waals surface area contributed by atoms with Gasteiger partial charge in [-0.2, -0.15) is 0 Å². The summed E-state index contributed by atoms with van der Waals surface area (Å²) in [5.41, 5.74) is 4.39. The van der Waals surface area contributed by atoms with Crippen LogP contribution in [0.15, 0.2) is 75.9 Å². The highest BCUT2D eigenvalue weighted by atomic mass is 79.9. The quantitative estimate of drug-likeness (QED) is 0.273. The molecule has 2 heterocycles. The minimum atomic E-state index is -1.20. The summed E-state index contributed by atoms with van der Waals surface area (Å²) in [7, 11) is 0. The molecule has 4 rings (SSSR count). The first kappa shape index (κ1) is 21.1. The average molecular weight is 484 g/mol. The van der Waals surface area contributed by atoms with Gasteiger partial charge >= 0.3 is 0 Å². The van der Waals surface area contributed by atoms with E-state index in [1.54, 1.807) is 0 Å². The summed E-state index contributed by atoms with van der Waals surface area (Å²) in [6.07, 6.45) is 0.588. The highest BCUT2D eigenvalue weighted by Gasteiger charge is 2.25. The summed E-state index contributed by atoms with van der Waals surface area (Å²) in [6.45, 7) is 3.88. The summed E-state index contributed by atoms with van der Waals surface area (Å²) in [5.74, 6) is 0. The van der Waals surface area contributed by atoms with Crippen molar-refractivity contribution in [1.82, 2.24) is 14.9 Å². The molecular formula is C23H22BrN3O2S. The number of hydrogen-bond acceptors (Lipinski definition) is 5. The van der Waals surface area contributed by atoms with Crippen LogP contribution in [0.3, 0.4) is 0 Å². The van der Waals surface area contributed by atoms with Crippen molar-refractivity contribution >= 4 is 38.3 Å². The maximum absolute atomic E-state index is 12.7. The van der Waals surface area contributed by atoms with Gasteiger partial charge in [0, 0.05) is 34.4 Å². The molecule has 4 aromatic rings. The molecule has 0 spiro atoms. The lowest BCUT2D eigenvalue weighted by Gasteiger charge is -2.24. The Labute approximate surface area is 187 Å². The number of halogens is 1. The van der Waals surface area contributed by atoms with Crippen LogP contribution in [0.25, 0.3) is 22.2 Å². The number of benzene rings is 2. The van der Waals surface area contributed by atoms with Gasteiger partial charge in [0.2, 0.25) is 0 Å². The van der Waals surface area contributed by atoms with E-state index in [-0.39, 0.29) is 11.3 Å². The number of pyridine rings is 1. The first-order valence-corrected chi connectivity index (χ1v) is 11.8. The highest BCUT2D eigenvalue weighted by molar-refractivity contribution is 9.10. The van der Waals surface area contributed by atoms with Crippen LogP contribution in [-0.4, -0.2) is 19.9 Å². The number of hydrogen-bond donors (Lipinski definition) is 1. The molecule has 1 N–H and O–H groups in total. The lowest BCUT2D eigenvalue weighted by Crippen LogP contribution is -2.35. The molecular weight excluding hydrogens is 462 g/mol. The maximum atomic E-state index is 12.7. The van der Waals surface area contributed by atoms with Crippen LogP contribution in [0.4, 0.5) is 0 Å². The van der Waals surface area contributed by atoms with Gasteiger partial charge in [-0.25, -0.2) is 4.98 Å². The summed E-state index contributed by atoms with van der Waals surface area (Å²) >= 11 is 2.24. The van der Waals surface area contributed by atoms with Crippen molar-refractivity contribution in [3.8, 4) is 11.3 Å². The third kappa shape index (κ3) is 4.59. The van der Waals surface area contributed by atoms with Crippen LogP contribution in [0.5, 0.6) is 0 Å². The Balaban J connectivity index is 1.78. The van der Waals surface area contributed by atoms with E-state index in [1.807, 2.05) is 80.6 Å². The molecule has 0 fully saturated rings. The number of aromatic nitrogens is 2. The zero-order valence-electron chi connectivity index (χ0n) is 16.7. The molecule has 0 amide bonds. The Morgan fingerprint density at radius 2 is 1.80 bits per heavy atom. The van der Waals surface area contributed by atoms with Crippen molar-refractivity contribution in [2.24, 2.45) is 0 Å². The van der Waals surface area contributed by atoms with Crippen molar-refractivity contribution in [1.29, 1.82) is 0 Å². The molecule has 0 unspecified atom stereocenters. The molecule has 7 heteroatoms. The molecule has 0 aliphatic rings. The number of nitrogens with zero attached hydrogens (tertiary/aromatic N) is 2. The van der Waals surface area contributed by atoms with Crippen molar-refractivity contribution in [3.05, 3.63) is 82.6 Å². The standard InChI is InChI=1S/C23H22BrN3O2S/c1-15(2)30(28)27-20(14-16-8-7-13-22(24)25-16)17-9-3-4-10-18(17)23-19-11-5-6-12-21(19)29-26-23/h3-13,15,20,27H,14H2,1-2H3/t20-,30-/m0/s1. The predicted octanol–water partition coefficient (Wildman–Crippen LogP) is 5.60. The van der Waals surface area contributed by atoms with E-state index in [4.69, 9.17) is 4.52 Å². The second-order valence-electron chi connectivity index (χ2n) is 7.29. The fraction of sp³-hybridized carbons (Fsp3) is 0.217.